The Kier molecular flexibility index (Phi) is 6.78. The quantitative estimate of drug-likeness (QED) is 0.174. The first-order valence-electron chi connectivity index (χ1n) is 17.1. The van der Waals surface area contributed by atoms with E-state index >= 15 is 0 Å². The van der Waals surface area contributed by atoms with Crippen LogP contribution in [0.4, 0.5) is 0 Å². The summed E-state index contributed by atoms with van der Waals surface area (Å²) in [7, 11) is 0. The van der Waals surface area contributed by atoms with Crippen LogP contribution in [0.25, 0.3) is 99.9 Å². The molecule has 0 saturated heterocycles. The fraction of sp³-hybridized carbons (Fsp3) is 0. The zero-order valence-corrected chi connectivity index (χ0v) is 27.5. The van der Waals surface area contributed by atoms with Crippen LogP contribution in [0.1, 0.15) is 0 Å². The second-order valence-electron chi connectivity index (χ2n) is 12.8. The van der Waals surface area contributed by atoms with E-state index in [1.165, 1.54) is 5.56 Å². The van der Waals surface area contributed by atoms with Crippen molar-refractivity contribution in [2.75, 3.05) is 0 Å². The molecular formula is C47H29N3O. The fourth-order valence-electron chi connectivity index (χ4n) is 7.23. The topological polar surface area (TPSA) is 51.8 Å². The van der Waals surface area contributed by atoms with E-state index in [0.717, 1.165) is 88.5 Å². The Morgan fingerprint density at radius 1 is 0.333 bits per heavy atom. The van der Waals surface area contributed by atoms with E-state index in [1.807, 2.05) is 42.5 Å². The van der Waals surface area contributed by atoms with E-state index in [2.05, 4.69) is 133 Å². The van der Waals surface area contributed by atoms with E-state index in [-0.39, 0.29) is 0 Å². The Hall–Kier alpha value is -6.91. The summed E-state index contributed by atoms with van der Waals surface area (Å²) in [5.41, 5.74) is 11.7. The Bertz CT molecular complexity index is 2900. The first-order valence-corrected chi connectivity index (χ1v) is 17.1. The third kappa shape index (κ3) is 5.04. The highest BCUT2D eigenvalue weighted by molar-refractivity contribution is 6.28. The van der Waals surface area contributed by atoms with Gasteiger partial charge in [-0.3, -0.25) is 0 Å². The lowest BCUT2D eigenvalue weighted by atomic mass is 9.96. The number of rotatable bonds is 5. The Morgan fingerprint density at radius 2 is 0.961 bits per heavy atom. The minimum absolute atomic E-state index is 0.657. The number of para-hydroxylation sites is 1. The molecule has 3 heterocycles. The predicted octanol–water partition coefficient (Wildman–Crippen LogP) is 12.4. The van der Waals surface area contributed by atoms with Crippen LogP contribution in [0, 0.1) is 0 Å². The Morgan fingerprint density at radius 3 is 1.75 bits per heavy atom. The first kappa shape index (κ1) is 29.0. The highest BCUT2D eigenvalue weighted by Gasteiger charge is 2.19. The highest BCUT2D eigenvalue weighted by Crippen LogP contribution is 2.42. The van der Waals surface area contributed by atoms with Crippen LogP contribution in [0.3, 0.4) is 0 Å². The summed E-state index contributed by atoms with van der Waals surface area (Å²) in [6.07, 6.45) is 0. The predicted molar refractivity (Wildman–Crippen MR) is 209 cm³/mol. The number of aromatic nitrogens is 3. The third-order valence-corrected chi connectivity index (χ3v) is 9.66. The molecule has 0 saturated carbocycles. The molecule has 238 valence electrons. The number of furan rings is 1. The van der Waals surface area contributed by atoms with Crippen molar-refractivity contribution in [3.05, 3.63) is 176 Å². The number of fused-ring (bicyclic) bond motifs is 7. The van der Waals surface area contributed by atoms with Crippen LogP contribution in [0.15, 0.2) is 180 Å². The lowest BCUT2D eigenvalue weighted by molar-refractivity contribution is 0.669. The zero-order chi connectivity index (χ0) is 33.7. The molecule has 0 radical (unpaired) electrons. The van der Waals surface area contributed by atoms with Gasteiger partial charge in [-0.1, -0.05) is 127 Å². The molecule has 10 rings (SSSR count). The van der Waals surface area contributed by atoms with Gasteiger partial charge >= 0.3 is 0 Å². The molecule has 7 aromatic carbocycles. The molecule has 0 unspecified atom stereocenters. The molecule has 0 aliphatic rings. The van der Waals surface area contributed by atoms with Gasteiger partial charge in [-0.25, -0.2) is 15.0 Å². The summed E-state index contributed by atoms with van der Waals surface area (Å²) >= 11 is 0. The monoisotopic (exact) mass is 651 g/mol. The standard InChI is InChI=1S/C47H29N3O/c1-4-13-30(14-5-1)33-19-12-20-34(27-33)41-29-40(31-15-6-2-7-16-31)49-47(50-41)35-23-25-42-38(28-35)45-43(51-42)26-24-37-44(45)36-21-10-11-22-39(36)48-46(37)32-17-8-3-9-18-32/h1-29H. The number of pyridine rings is 1. The maximum Gasteiger partial charge on any atom is 0.160 e. The van der Waals surface area contributed by atoms with Crippen molar-refractivity contribution in [1.29, 1.82) is 0 Å². The molecule has 0 fully saturated rings. The maximum atomic E-state index is 6.53. The molecule has 0 bridgehead atoms. The summed E-state index contributed by atoms with van der Waals surface area (Å²) in [5.74, 6) is 0.657. The van der Waals surface area contributed by atoms with Crippen molar-refractivity contribution in [3.63, 3.8) is 0 Å². The molecule has 51 heavy (non-hydrogen) atoms. The van der Waals surface area contributed by atoms with Gasteiger partial charge in [-0.15, -0.1) is 0 Å². The third-order valence-electron chi connectivity index (χ3n) is 9.66. The summed E-state index contributed by atoms with van der Waals surface area (Å²) in [6.45, 7) is 0. The van der Waals surface area contributed by atoms with Gasteiger partial charge in [0.1, 0.15) is 11.2 Å². The molecule has 10 aromatic rings. The van der Waals surface area contributed by atoms with Gasteiger partial charge in [0.2, 0.25) is 0 Å². The van der Waals surface area contributed by atoms with Crippen molar-refractivity contribution in [2.24, 2.45) is 0 Å². The van der Waals surface area contributed by atoms with E-state index in [1.54, 1.807) is 0 Å². The highest BCUT2D eigenvalue weighted by atomic mass is 16.3. The number of benzene rings is 7. The fourth-order valence-corrected chi connectivity index (χ4v) is 7.23. The van der Waals surface area contributed by atoms with Crippen LogP contribution >= 0.6 is 0 Å². The molecule has 3 aromatic heterocycles. The molecule has 0 aliphatic heterocycles. The lowest BCUT2D eigenvalue weighted by Crippen LogP contribution is -1.96. The van der Waals surface area contributed by atoms with E-state index < -0.39 is 0 Å². The number of hydrogen-bond acceptors (Lipinski definition) is 4. The van der Waals surface area contributed by atoms with Gasteiger partial charge in [0.05, 0.1) is 22.6 Å². The van der Waals surface area contributed by atoms with E-state index in [4.69, 9.17) is 19.4 Å². The summed E-state index contributed by atoms with van der Waals surface area (Å²) in [6, 6.07) is 60.7. The minimum atomic E-state index is 0.657. The van der Waals surface area contributed by atoms with Crippen molar-refractivity contribution in [3.8, 4) is 56.3 Å². The summed E-state index contributed by atoms with van der Waals surface area (Å²) in [4.78, 5) is 15.5. The van der Waals surface area contributed by atoms with E-state index in [9.17, 15) is 0 Å². The average molecular weight is 652 g/mol. The zero-order valence-electron chi connectivity index (χ0n) is 27.5. The molecule has 0 atom stereocenters. The summed E-state index contributed by atoms with van der Waals surface area (Å²) in [5, 5.41) is 5.39. The van der Waals surface area contributed by atoms with Crippen molar-refractivity contribution in [2.45, 2.75) is 0 Å². The SMILES string of the molecule is c1ccc(-c2cccc(-c3cc(-c4ccccc4)nc(-c4ccc5oc6ccc7c(-c8ccccc8)nc8ccccc8c7c6c5c4)n3)c2)cc1. The average Bonchev–Trinajstić information content (AvgIpc) is 3.59. The van der Waals surface area contributed by atoms with Gasteiger partial charge in [-0.05, 0) is 59.7 Å². The molecule has 4 heteroatoms. The van der Waals surface area contributed by atoms with Crippen LogP contribution < -0.4 is 0 Å². The molecule has 0 aliphatic carbocycles. The van der Waals surface area contributed by atoms with Gasteiger partial charge in [0, 0.05) is 49.2 Å². The molecular weight excluding hydrogens is 623 g/mol. The largest absolute Gasteiger partial charge is 0.456 e. The lowest BCUT2D eigenvalue weighted by Gasteiger charge is -2.12. The van der Waals surface area contributed by atoms with Crippen LogP contribution in [-0.4, -0.2) is 15.0 Å². The van der Waals surface area contributed by atoms with Gasteiger partial charge in [-0.2, -0.15) is 0 Å². The second-order valence-corrected chi connectivity index (χ2v) is 12.8. The van der Waals surface area contributed by atoms with Gasteiger partial charge in [0.15, 0.2) is 5.82 Å². The van der Waals surface area contributed by atoms with Crippen molar-refractivity contribution < 1.29 is 4.42 Å². The molecule has 0 amide bonds. The Balaban J connectivity index is 1.21. The number of hydrogen-bond donors (Lipinski definition) is 0. The Labute approximate surface area is 294 Å². The smallest absolute Gasteiger partial charge is 0.160 e. The second kappa shape index (κ2) is 11.9. The van der Waals surface area contributed by atoms with Gasteiger partial charge in [0.25, 0.3) is 0 Å². The minimum Gasteiger partial charge on any atom is -0.456 e. The van der Waals surface area contributed by atoms with Crippen molar-refractivity contribution in [1.82, 2.24) is 15.0 Å². The molecule has 0 N–H and O–H groups in total. The van der Waals surface area contributed by atoms with E-state index in [0.29, 0.717) is 5.82 Å². The van der Waals surface area contributed by atoms with Crippen LogP contribution in [0.5, 0.6) is 0 Å². The van der Waals surface area contributed by atoms with Gasteiger partial charge < -0.3 is 4.42 Å². The van der Waals surface area contributed by atoms with Crippen LogP contribution in [0.2, 0.25) is 0 Å². The first-order chi connectivity index (χ1) is 25.3. The van der Waals surface area contributed by atoms with Crippen molar-refractivity contribution >= 4 is 43.6 Å². The number of nitrogens with zero attached hydrogens (tertiary/aromatic N) is 3. The molecule has 4 nitrogen and oxygen atoms in total. The van der Waals surface area contributed by atoms with Crippen LogP contribution in [-0.2, 0) is 0 Å². The summed E-state index contributed by atoms with van der Waals surface area (Å²) < 4.78 is 6.53. The normalized spacial score (nSPS) is 11.5. The maximum absolute atomic E-state index is 6.53. The molecule has 0 spiro atoms.